The minimum atomic E-state index is -1.01. The fourth-order valence-corrected chi connectivity index (χ4v) is 4.61. The maximum absolute atomic E-state index is 13.7. The van der Waals surface area contributed by atoms with E-state index in [4.69, 9.17) is 25.9 Å². The zero-order valence-electron chi connectivity index (χ0n) is 18.9. The van der Waals surface area contributed by atoms with E-state index < -0.39 is 29.9 Å². The third-order valence-electron chi connectivity index (χ3n) is 6.20. The van der Waals surface area contributed by atoms with Gasteiger partial charge in [-0.05, 0) is 66.2 Å². The van der Waals surface area contributed by atoms with Gasteiger partial charge in [-0.15, -0.1) is 0 Å². The van der Waals surface area contributed by atoms with E-state index >= 15 is 0 Å². The summed E-state index contributed by atoms with van der Waals surface area (Å²) in [5, 5.41) is 2.16. The topological polar surface area (TPSA) is 85.4 Å². The van der Waals surface area contributed by atoms with Gasteiger partial charge in [0.1, 0.15) is 11.7 Å². The van der Waals surface area contributed by atoms with Crippen LogP contribution < -0.4 is 14.7 Å². The first kappa shape index (κ1) is 22.9. The second kappa shape index (κ2) is 9.05. The number of halogens is 1. The summed E-state index contributed by atoms with van der Waals surface area (Å²) in [6, 6.07) is 19.8. The van der Waals surface area contributed by atoms with Gasteiger partial charge in [0, 0.05) is 5.02 Å². The molecule has 0 unspecified atom stereocenters. The number of rotatable bonds is 5. The molecule has 2 saturated heterocycles. The van der Waals surface area contributed by atoms with Gasteiger partial charge in [-0.1, -0.05) is 23.7 Å². The number of fused-ring (bicyclic) bond motifs is 1. The maximum atomic E-state index is 13.7. The zero-order chi connectivity index (χ0) is 24.7. The van der Waals surface area contributed by atoms with Crippen LogP contribution in [0.1, 0.15) is 22.0 Å². The van der Waals surface area contributed by atoms with Crippen molar-refractivity contribution in [1.29, 1.82) is 0 Å². The van der Waals surface area contributed by atoms with Crippen LogP contribution in [-0.4, -0.2) is 38.1 Å². The molecule has 35 heavy (non-hydrogen) atoms. The van der Waals surface area contributed by atoms with Gasteiger partial charge >= 0.3 is 5.97 Å². The Kier molecular flexibility index (Phi) is 5.92. The number of anilines is 2. The molecule has 5 rings (SSSR count). The number of ether oxygens (including phenoxy) is 2. The highest BCUT2D eigenvalue weighted by Gasteiger charge is 2.60. The second-order valence-electron chi connectivity index (χ2n) is 8.12. The normalized spacial score (nSPS) is 21.3. The van der Waals surface area contributed by atoms with Crippen molar-refractivity contribution in [3.05, 3.63) is 88.9 Å². The van der Waals surface area contributed by atoms with Crippen molar-refractivity contribution in [2.24, 2.45) is 5.92 Å². The van der Waals surface area contributed by atoms with Crippen LogP contribution in [0, 0.1) is 5.92 Å². The molecule has 0 aliphatic carbocycles. The van der Waals surface area contributed by atoms with Gasteiger partial charge in [-0.3, -0.25) is 14.4 Å². The molecule has 0 radical (unpaired) electrons. The number of carbonyl (C=O) groups is 3. The summed E-state index contributed by atoms with van der Waals surface area (Å²) in [6.45, 7) is 0. The minimum Gasteiger partial charge on any atom is -0.497 e. The van der Waals surface area contributed by atoms with Crippen LogP contribution in [0.5, 0.6) is 5.75 Å². The van der Waals surface area contributed by atoms with E-state index in [2.05, 4.69) is 0 Å². The molecule has 3 atom stereocenters. The zero-order valence-corrected chi connectivity index (χ0v) is 19.6. The van der Waals surface area contributed by atoms with Gasteiger partial charge in [0.05, 0.1) is 37.2 Å². The molecule has 2 heterocycles. The predicted molar refractivity (Wildman–Crippen MR) is 128 cm³/mol. The standard InChI is InChI=1S/C26H21ClN2O6/c1-33-20-13-5-15(6-14-20)22-21-23(35-29(22)19-11-7-17(27)8-12-19)25(31)28(24(21)30)18-9-3-16(4-10-18)26(32)34-2/h3-14,21-23H,1-2H3/t21-,22+,23+/m0/s1. The lowest BCUT2D eigenvalue weighted by atomic mass is 9.90. The molecule has 0 saturated carbocycles. The summed E-state index contributed by atoms with van der Waals surface area (Å²) in [5.74, 6) is -1.48. The fourth-order valence-electron chi connectivity index (χ4n) is 4.49. The quantitative estimate of drug-likeness (QED) is 0.390. The second-order valence-corrected chi connectivity index (χ2v) is 8.56. The van der Waals surface area contributed by atoms with Crippen LogP contribution in [0.15, 0.2) is 72.8 Å². The van der Waals surface area contributed by atoms with Gasteiger partial charge in [0.15, 0.2) is 6.10 Å². The average Bonchev–Trinajstić information content (AvgIpc) is 3.40. The first-order valence-electron chi connectivity index (χ1n) is 10.8. The number of benzene rings is 3. The number of hydrogen-bond donors (Lipinski definition) is 0. The molecule has 0 aromatic heterocycles. The highest BCUT2D eigenvalue weighted by molar-refractivity contribution is 6.30. The Bertz CT molecular complexity index is 1280. The van der Waals surface area contributed by atoms with Crippen LogP contribution >= 0.6 is 11.6 Å². The lowest BCUT2D eigenvalue weighted by Gasteiger charge is -2.29. The number of amides is 2. The number of nitrogens with zero attached hydrogens (tertiary/aromatic N) is 2. The van der Waals surface area contributed by atoms with Crippen molar-refractivity contribution >= 4 is 40.8 Å². The summed E-state index contributed by atoms with van der Waals surface area (Å²) in [4.78, 5) is 46.1. The molecule has 2 aliphatic rings. The molecule has 2 fully saturated rings. The molecule has 3 aromatic rings. The van der Waals surface area contributed by atoms with Gasteiger partial charge < -0.3 is 9.47 Å². The molecule has 9 heteroatoms. The van der Waals surface area contributed by atoms with Crippen molar-refractivity contribution in [3.8, 4) is 5.75 Å². The summed E-state index contributed by atoms with van der Waals surface area (Å²) in [7, 11) is 2.86. The van der Waals surface area contributed by atoms with Crippen LogP contribution in [0.4, 0.5) is 11.4 Å². The Labute approximate surface area is 206 Å². The molecular weight excluding hydrogens is 472 g/mol. The van der Waals surface area contributed by atoms with Crippen molar-refractivity contribution < 1.29 is 28.7 Å². The van der Waals surface area contributed by atoms with E-state index in [1.807, 2.05) is 12.1 Å². The first-order valence-corrected chi connectivity index (χ1v) is 11.2. The lowest BCUT2D eigenvalue weighted by molar-refractivity contribution is -0.126. The SMILES string of the molecule is COC(=O)c1ccc(N2C(=O)[C@H]3[C@@H](c4ccc(OC)cc4)N(c4ccc(Cl)cc4)O[C@H]3C2=O)cc1. The smallest absolute Gasteiger partial charge is 0.337 e. The molecule has 0 bridgehead atoms. The van der Waals surface area contributed by atoms with E-state index in [1.54, 1.807) is 60.7 Å². The molecule has 0 spiro atoms. The Morgan fingerprint density at radius 3 is 2.09 bits per heavy atom. The summed E-state index contributed by atoms with van der Waals surface area (Å²) in [6.07, 6.45) is -1.01. The number of methoxy groups -OCH3 is 2. The van der Waals surface area contributed by atoms with E-state index in [0.717, 1.165) is 10.5 Å². The third-order valence-corrected chi connectivity index (χ3v) is 6.45. The molecule has 0 N–H and O–H groups in total. The molecule has 2 aliphatic heterocycles. The summed E-state index contributed by atoms with van der Waals surface area (Å²) < 4.78 is 9.99. The van der Waals surface area contributed by atoms with E-state index in [9.17, 15) is 14.4 Å². The Morgan fingerprint density at radius 2 is 1.49 bits per heavy atom. The summed E-state index contributed by atoms with van der Waals surface area (Å²) in [5.41, 5.74) is 2.13. The van der Waals surface area contributed by atoms with Gasteiger partial charge in [0.25, 0.3) is 5.91 Å². The number of hydroxylamine groups is 1. The Morgan fingerprint density at radius 1 is 0.857 bits per heavy atom. The van der Waals surface area contributed by atoms with Crippen LogP contribution in [0.25, 0.3) is 0 Å². The minimum absolute atomic E-state index is 0.316. The van der Waals surface area contributed by atoms with Crippen molar-refractivity contribution in [1.82, 2.24) is 0 Å². The van der Waals surface area contributed by atoms with Gasteiger partial charge in [0.2, 0.25) is 5.91 Å². The van der Waals surface area contributed by atoms with Crippen LogP contribution in [-0.2, 0) is 19.2 Å². The highest BCUT2D eigenvalue weighted by Crippen LogP contribution is 2.47. The van der Waals surface area contributed by atoms with E-state index in [0.29, 0.717) is 27.7 Å². The largest absolute Gasteiger partial charge is 0.497 e. The average molecular weight is 493 g/mol. The molecular formula is C26H21ClN2O6. The van der Waals surface area contributed by atoms with Crippen LogP contribution in [0.2, 0.25) is 5.02 Å². The van der Waals surface area contributed by atoms with Crippen LogP contribution in [0.3, 0.4) is 0 Å². The first-order chi connectivity index (χ1) is 16.9. The monoisotopic (exact) mass is 492 g/mol. The van der Waals surface area contributed by atoms with Crippen molar-refractivity contribution in [3.63, 3.8) is 0 Å². The number of esters is 1. The van der Waals surface area contributed by atoms with Gasteiger partial charge in [-0.25, -0.2) is 14.8 Å². The number of imide groups is 1. The van der Waals surface area contributed by atoms with Crippen molar-refractivity contribution in [2.45, 2.75) is 12.1 Å². The summed E-state index contributed by atoms with van der Waals surface area (Å²) >= 11 is 6.06. The molecule has 8 nitrogen and oxygen atoms in total. The molecule has 178 valence electrons. The predicted octanol–water partition coefficient (Wildman–Crippen LogP) is 4.19. The Hall–Kier alpha value is -3.88. The molecule has 3 aromatic carbocycles. The third kappa shape index (κ3) is 3.90. The number of carbonyl (C=O) groups excluding carboxylic acids is 3. The number of hydrogen-bond acceptors (Lipinski definition) is 7. The van der Waals surface area contributed by atoms with Crippen molar-refractivity contribution in [2.75, 3.05) is 24.2 Å². The van der Waals surface area contributed by atoms with Gasteiger partial charge in [-0.2, -0.15) is 0 Å². The molecule has 2 amide bonds. The Balaban J connectivity index is 1.52. The van der Waals surface area contributed by atoms with E-state index in [-0.39, 0.29) is 5.91 Å². The van der Waals surface area contributed by atoms with E-state index in [1.165, 1.54) is 19.2 Å². The lowest BCUT2D eigenvalue weighted by Crippen LogP contribution is -2.37. The fraction of sp³-hybridized carbons (Fsp3) is 0.192. The highest BCUT2D eigenvalue weighted by atomic mass is 35.5. The maximum Gasteiger partial charge on any atom is 0.337 e.